The summed E-state index contributed by atoms with van der Waals surface area (Å²) in [5.41, 5.74) is 0.621. The number of carbonyl (C=O) groups is 1. The summed E-state index contributed by atoms with van der Waals surface area (Å²) in [6.07, 6.45) is 1.99. The van der Waals surface area contributed by atoms with E-state index in [9.17, 15) is 4.79 Å². The summed E-state index contributed by atoms with van der Waals surface area (Å²) >= 11 is 0. The molecule has 0 radical (unpaired) electrons. The van der Waals surface area contributed by atoms with E-state index in [0.717, 1.165) is 18.4 Å². The Morgan fingerprint density at radius 2 is 1.75 bits per heavy atom. The standard InChI is InChI=1S/C20H30O4/c1-6-20(7-2)23-16(13-14-22-18(21)19(3,4)5)17(24-20)15-11-9-8-10-12-15/h8-12,16-17H,6-7,13-14H2,1-5H3/t16-,17-/m1/s1. The van der Waals surface area contributed by atoms with Gasteiger partial charge in [-0.25, -0.2) is 0 Å². The van der Waals surface area contributed by atoms with Crippen molar-refractivity contribution in [3.63, 3.8) is 0 Å². The van der Waals surface area contributed by atoms with Gasteiger partial charge in [0.1, 0.15) is 6.10 Å². The van der Waals surface area contributed by atoms with Gasteiger partial charge in [-0.2, -0.15) is 0 Å². The van der Waals surface area contributed by atoms with E-state index in [-0.39, 0.29) is 18.2 Å². The Morgan fingerprint density at radius 3 is 2.29 bits per heavy atom. The zero-order valence-corrected chi connectivity index (χ0v) is 15.5. The topological polar surface area (TPSA) is 44.8 Å². The number of hydrogen-bond donors (Lipinski definition) is 0. The summed E-state index contributed by atoms with van der Waals surface area (Å²) in [6.45, 7) is 10.1. The zero-order chi connectivity index (χ0) is 17.8. The molecule has 0 unspecified atom stereocenters. The van der Waals surface area contributed by atoms with Crippen LogP contribution in [0.25, 0.3) is 0 Å². The first-order chi connectivity index (χ1) is 11.3. The van der Waals surface area contributed by atoms with Crippen LogP contribution in [0.3, 0.4) is 0 Å². The van der Waals surface area contributed by atoms with Crippen LogP contribution in [0.15, 0.2) is 30.3 Å². The molecule has 1 aliphatic rings. The van der Waals surface area contributed by atoms with Gasteiger partial charge in [0.15, 0.2) is 5.79 Å². The van der Waals surface area contributed by atoms with Crippen molar-refractivity contribution in [2.75, 3.05) is 6.61 Å². The molecule has 0 saturated carbocycles. The van der Waals surface area contributed by atoms with Gasteiger partial charge < -0.3 is 14.2 Å². The van der Waals surface area contributed by atoms with Crippen molar-refractivity contribution >= 4 is 5.97 Å². The third-order valence-corrected chi connectivity index (χ3v) is 4.50. The number of ether oxygens (including phenoxy) is 3. The summed E-state index contributed by atoms with van der Waals surface area (Å²) in [7, 11) is 0. The third-order valence-electron chi connectivity index (χ3n) is 4.50. The molecule has 1 aromatic rings. The Hall–Kier alpha value is -1.39. The fourth-order valence-electron chi connectivity index (χ4n) is 2.88. The van der Waals surface area contributed by atoms with E-state index in [4.69, 9.17) is 14.2 Å². The minimum Gasteiger partial charge on any atom is -0.465 e. The van der Waals surface area contributed by atoms with Gasteiger partial charge in [0.05, 0.1) is 18.1 Å². The quantitative estimate of drug-likeness (QED) is 0.711. The second-order valence-corrected chi connectivity index (χ2v) is 7.40. The van der Waals surface area contributed by atoms with Crippen molar-refractivity contribution in [3.8, 4) is 0 Å². The van der Waals surface area contributed by atoms with Gasteiger partial charge in [-0.1, -0.05) is 44.2 Å². The third kappa shape index (κ3) is 4.37. The molecule has 4 nitrogen and oxygen atoms in total. The lowest BCUT2D eigenvalue weighted by Crippen LogP contribution is -2.29. The van der Waals surface area contributed by atoms with E-state index in [1.54, 1.807) is 0 Å². The first-order valence-corrected chi connectivity index (χ1v) is 8.89. The minimum atomic E-state index is -0.542. The lowest BCUT2D eigenvalue weighted by Gasteiger charge is -2.25. The van der Waals surface area contributed by atoms with Crippen LogP contribution in [0, 0.1) is 5.41 Å². The van der Waals surface area contributed by atoms with Crippen LogP contribution in [-0.2, 0) is 19.0 Å². The van der Waals surface area contributed by atoms with Crippen molar-refractivity contribution in [3.05, 3.63) is 35.9 Å². The molecule has 4 heteroatoms. The monoisotopic (exact) mass is 334 g/mol. The maximum Gasteiger partial charge on any atom is 0.311 e. The lowest BCUT2D eigenvalue weighted by molar-refractivity contribution is -0.181. The molecule has 0 spiro atoms. The van der Waals surface area contributed by atoms with Crippen LogP contribution in [0.5, 0.6) is 0 Å². The normalized spacial score (nSPS) is 23.2. The second-order valence-electron chi connectivity index (χ2n) is 7.40. The summed E-state index contributed by atoms with van der Waals surface area (Å²) in [6, 6.07) is 10.1. The highest BCUT2D eigenvalue weighted by molar-refractivity contribution is 5.75. The fourth-order valence-corrected chi connectivity index (χ4v) is 2.88. The Balaban J connectivity index is 2.06. The Kier molecular flexibility index (Phi) is 6.05. The van der Waals surface area contributed by atoms with E-state index >= 15 is 0 Å². The number of esters is 1. The molecule has 0 aliphatic carbocycles. The lowest BCUT2D eigenvalue weighted by atomic mass is 9.97. The van der Waals surface area contributed by atoms with Crippen LogP contribution in [0.2, 0.25) is 0 Å². The van der Waals surface area contributed by atoms with E-state index in [1.165, 1.54) is 0 Å². The molecule has 0 N–H and O–H groups in total. The second kappa shape index (κ2) is 7.66. The summed E-state index contributed by atoms with van der Waals surface area (Å²) in [4.78, 5) is 11.9. The Labute approximate surface area is 145 Å². The molecule has 0 aromatic heterocycles. The highest BCUT2D eigenvalue weighted by Gasteiger charge is 2.45. The van der Waals surface area contributed by atoms with Crippen LogP contribution < -0.4 is 0 Å². The minimum absolute atomic E-state index is 0.111. The van der Waals surface area contributed by atoms with Gasteiger partial charge in [0, 0.05) is 6.42 Å². The molecule has 2 rings (SSSR count). The molecule has 1 saturated heterocycles. The van der Waals surface area contributed by atoms with Crippen LogP contribution in [-0.4, -0.2) is 24.5 Å². The van der Waals surface area contributed by atoms with E-state index < -0.39 is 11.2 Å². The van der Waals surface area contributed by atoms with Crippen LogP contribution in [0.4, 0.5) is 0 Å². The highest BCUT2D eigenvalue weighted by Crippen LogP contribution is 2.43. The smallest absolute Gasteiger partial charge is 0.311 e. The fraction of sp³-hybridized carbons (Fsp3) is 0.650. The van der Waals surface area contributed by atoms with Gasteiger partial charge in [0.25, 0.3) is 0 Å². The van der Waals surface area contributed by atoms with Crippen molar-refractivity contribution < 1.29 is 19.0 Å². The molecular formula is C20H30O4. The van der Waals surface area contributed by atoms with Crippen molar-refractivity contribution in [1.29, 1.82) is 0 Å². The molecule has 0 bridgehead atoms. The molecule has 134 valence electrons. The Morgan fingerprint density at radius 1 is 1.12 bits per heavy atom. The zero-order valence-electron chi connectivity index (χ0n) is 15.5. The van der Waals surface area contributed by atoms with Gasteiger partial charge in [0.2, 0.25) is 0 Å². The average Bonchev–Trinajstić information content (AvgIpc) is 2.94. The maximum absolute atomic E-state index is 11.9. The molecule has 2 atom stereocenters. The van der Waals surface area contributed by atoms with Gasteiger partial charge in [-0.05, 0) is 39.2 Å². The van der Waals surface area contributed by atoms with E-state index in [2.05, 4.69) is 26.0 Å². The first-order valence-electron chi connectivity index (χ1n) is 8.89. The maximum atomic E-state index is 11.9. The molecule has 24 heavy (non-hydrogen) atoms. The number of rotatable bonds is 6. The number of hydrogen-bond acceptors (Lipinski definition) is 4. The predicted octanol–water partition coefficient (Wildman–Crippen LogP) is 4.64. The summed E-state index contributed by atoms with van der Waals surface area (Å²) in [5.74, 6) is -0.728. The van der Waals surface area contributed by atoms with E-state index in [0.29, 0.717) is 13.0 Å². The predicted molar refractivity (Wildman–Crippen MR) is 93.5 cm³/mol. The van der Waals surface area contributed by atoms with Crippen molar-refractivity contribution in [2.24, 2.45) is 5.41 Å². The Bertz CT molecular complexity index is 528. The van der Waals surface area contributed by atoms with Crippen LogP contribution >= 0.6 is 0 Å². The first kappa shape index (κ1) is 18.9. The molecule has 1 aromatic carbocycles. The largest absolute Gasteiger partial charge is 0.465 e. The van der Waals surface area contributed by atoms with Crippen LogP contribution in [0.1, 0.15) is 65.5 Å². The molecule has 0 amide bonds. The SMILES string of the molecule is CCC1(CC)O[C@H](c2ccccc2)[C@@H](CCOC(=O)C(C)(C)C)O1. The van der Waals surface area contributed by atoms with Crippen molar-refractivity contribution in [1.82, 2.24) is 0 Å². The summed E-state index contributed by atoms with van der Waals surface area (Å²) in [5, 5.41) is 0. The number of carbonyl (C=O) groups excluding carboxylic acids is 1. The highest BCUT2D eigenvalue weighted by atomic mass is 16.8. The molecule has 1 fully saturated rings. The van der Waals surface area contributed by atoms with Crippen molar-refractivity contribution in [2.45, 2.75) is 71.9 Å². The average molecular weight is 334 g/mol. The molecule has 1 heterocycles. The molecular weight excluding hydrogens is 304 g/mol. The molecule has 1 aliphatic heterocycles. The number of benzene rings is 1. The summed E-state index contributed by atoms with van der Waals surface area (Å²) < 4.78 is 18.0. The van der Waals surface area contributed by atoms with Gasteiger partial charge in [-0.15, -0.1) is 0 Å². The van der Waals surface area contributed by atoms with Gasteiger partial charge >= 0.3 is 5.97 Å². The van der Waals surface area contributed by atoms with Gasteiger partial charge in [-0.3, -0.25) is 4.79 Å². The van der Waals surface area contributed by atoms with E-state index in [1.807, 2.05) is 39.0 Å².